The van der Waals surface area contributed by atoms with Gasteiger partial charge in [-0.1, -0.05) is 24.9 Å². The minimum absolute atomic E-state index is 0.702. The Bertz CT molecular complexity index is 64.6. The zero-order chi connectivity index (χ0) is 5.70. The lowest BCUT2D eigenvalue weighted by atomic mass is 9.97. The Morgan fingerprint density at radius 2 is 2.29 bits per heavy atom. The van der Waals surface area contributed by atoms with Gasteiger partial charge in [-0.25, -0.2) is 0 Å². The predicted octanol–water partition coefficient (Wildman–Crippen LogP) is 1.93. The highest BCUT2D eigenvalue weighted by Gasteiger charge is 1.76. The van der Waals surface area contributed by atoms with Gasteiger partial charge < -0.3 is 0 Å². The molecule has 0 amide bonds. The van der Waals surface area contributed by atoms with E-state index in [2.05, 4.69) is 13.0 Å². The lowest BCUT2D eigenvalue weighted by Gasteiger charge is -1.88. The van der Waals surface area contributed by atoms with Gasteiger partial charge in [-0.3, -0.25) is 0 Å². The molecule has 0 unspecified atom stereocenters. The Morgan fingerprint density at radius 1 is 1.71 bits per heavy atom. The molecule has 0 aliphatic carbocycles. The minimum atomic E-state index is 0.702. The van der Waals surface area contributed by atoms with Gasteiger partial charge in [-0.15, -0.1) is 0 Å². The van der Waals surface area contributed by atoms with Gasteiger partial charge in [0.2, 0.25) is 0 Å². The molecule has 2 radical (unpaired) electrons. The van der Waals surface area contributed by atoms with Crippen LogP contribution in [0.5, 0.6) is 0 Å². The second-order valence-electron chi connectivity index (χ2n) is 1.66. The Balaban J connectivity index is 3.29. The van der Waals surface area contributed by atoms with Crippen LogP contribution < -0.4 is 0 Å². The monoisotopic (exact) mass is 94.1 g/mol. The minimum Gasteiger partial charge on any atom is -0.0866 e. The van der Waals surface area contributed by atoms with E-state index in [1.807, 2.05) is 6.92 Å². The van der Waals surface area contributed by atoms with Gasteiger partial charge in [0.25, 0.3) is 0 Å². The van der Waals surface area contributed by atoms with Gasteiger partial charge in [0.15, 0.2) is 0 Å². The molecule has 0 bridgehead atoms. The predicted molar refractivity (Wildman–Crippen MR) is 34.6 cm³/mol. The fourth-order valence-electron chi connectivity index (χ4n) is 0.432. The van der Waals surface area contributed by atoms with Gasteiger partial charge in [0, 0.05) is 0 Å². The van der Waals surface area contributed by atoms with Crippen LogP contribution in [0.3, 0.4) is 0 Å². The molecule has 0 aromatic heterocycles. The summed E-state index contributed by atoms with van der Waals surface area (Å²) in [7, 11) is 5.29. The first-order valence-electron chi connectivity index (χ1n) is 2.67. The largest absolute Gasteiger partial charge is 0.0866 e. The van der Waals surface area contributed by atoms with Crippen LogP contribution in [0.2, 0.25) is 6.32 Å². The first-order chi connectivity index (χ1) is 3.31. The number of allylic oxidation sites excluding steroid dienone is 2. The molecule has 0 fully saturated rings. The first kappa shape index (κ1) is 6.80. The summed E-state index contributed by atoms with van der Waals surface area (Å²) in [4.78, 5) is 0. The Labute approximate surface area is 47.0 Å². The van der Waals surface area contributed by atoms with E-state index < -0.39 is 0 Å². The van der Waals surface area contributed by atoms with Crippen molar-refractivity contribution in [3.05, 3.63) is 11.6 Å². The van der Waals surface area contributed by atoms with Crippen molar-refractivity contribution in [1.82, 2.24) is 0 Å². The summed E-state index contributed by atoms with van der Waals surface area (Å²) in [5.74, 6) is 0. The maximum atomic E-state index is 5.29. The molecule has 7 heavy (non-hydrogen) atoms. The van der Waals surface area contributed by atoms with Crippen molar-refractivity contribution in [2.24, 2.45) is 0 Å². The molecule has 0 atom stereocenters. The number of hydrogen-bond acceptors (Lipinski definition) is 0. The third kappa shape index (κ3) is 3.64. The number of rotatable bonds is 2. The molecule has 0 N–H and O–H groups in total. The van der Waals surface area contributed by atoms with Crippen LogP contribution in [-0.2, 0) is 0 Å². The van der Waals surface area contributed by atoms with Crippen molar-refractivity contribution in [2.75, 3.05) is 0 Å². The van der Waals surface area contributed by atoms with Crippen molar-refractivity contribution < 1.29 is 0 Å². The summed E-state index contributed by atoms with van der Waals surface area (Å²) >= 11 is 0. The quantitative estimate of drug-likeness (QED) is 0.362. The summed E-state index contributed by atoms with van der Waals surface area (Å²) in [6.45, 7) is 4.16. The molecular formula is C6H11B. The zero-order valence-corrected chi connectivity index (χ0v) is 5.07. The first-order valence-corrected chi connectivity index (χ1v) is 2.67. The third-order valence-electron chi connectivity index (χ3n) is 0.875. The van der Waals surface area contributed by atoms with E-state index in [4.69, 9.17) is 7.85 Å². The van der Waals surface area contributed by atoms with E-state index in [1.54, 1.807) is 0 Å². The Hall–Kier alpha value is -0.195. The van der Waals surface area contributed by atoms with Crippen molar-refractivity contribution >= 4 is 7.85 Å². The van der Waals surface area contributed by atoms with Crippen LogP contribution in [0.1, 0.15) is 20.3 Å². The second kappa shape index (κ2) is 3.98. The third-order valence-corrected chi connectivity index (χ3v) is 0.875. The Morgan fingerprint density at radius 3 is 2.43 bits per heavy atom. The molecule has 0 aliphatic rings. The number of hydrogen-bond donors (Lipinski definition) is 0. The molecule has 0 aromatic rings. The van der Waals surface area contributed by atoms with Crippen LogP contribution in [0.4, 0.5) is 0 Å². The van der Waals surface area contributed by atoms with Crippen molar-refractivity contribution in [1.29, 1.82) is 0 Å². The molecule has 0 heterocycles. The summed E-state index contributed by atoms with van der Waals surface area (Å²) in [5, 5.41) is 0. The highest BCUT2D eigenvalue weighted by molar-refractivity contribution is 6.10. The van der Waals surface area contributed by atoms with Crippen LogP contribution in [-0.4, -0.2) is 7.85 Å². The van der Waals surface area contributed by atoms with Gasteiger partial charge >= 0.3 is 0 Å². The van der Waals surface area contributed by atoms with E-state index in [0.717, 1.165) is 6.42 Å². The molecule has 0 rings (SSSR count). The molecule has 0 aliphatic heterocycles. The highest BCUT2D eigenvalue weighted by atomic mass is 13.8. The van der Waals surface area contributed by atoms with Gasteiger partial charge in [-0.05, 0) is 13.3 Å². The smallest absolute Gasteiger partial charge is 0.0711 e. The molecule has 0 spiro atoms. The van der Waals surface area contributed by atoms with E-state index in [0.29, 0.717) is 6.32 Å². The van der Waals surface area contributed by atoms with Crippen molar-refractivity contribution in [3.63, 3.8) is 0 Å². The van der Waals surface area contributed by atoms with Gasteiger partial charge in [-0.2, -0.15) is 0 Å². The van der Waals surface area contributed by atoms with E-state index in [1.165, 1.54) is 5.57 Å². The fraction of sp³-hybridized carbons (Fsp3) is 0.667. The van der Waals surface area contributed by atoms with E-state index >= 15 is 0 Å². The standard InChI is InChI=1S/C6H11B/c1-3-4-6(2)5-7/h4H,3,5H2,1-2H3. The van der Waals surface area contributed by atoms with Gasteiger partial charge in [0.05, 0.1) is 7.85 Å². The fourth-order valence-corrected chi connectivity index (χ4v) is 0.432. The molecule has 0 saturated carbocycles. The molecular weight excluding hydrogens is 82.9 g/mol. The topological polar surface area (TPSA) is 0 Å². The van der Waals surface area contributed by atoms with Crippen LogP contribution >= 0.6 is 0 Å². The van der Waals surface area contributed by atoms with Crippen molar-refractivity contribution in [3.8, 4) is 0 Å². The summed E-state index contributed by atoms with van der Waals surface area (Å²) in [6, 6.07) is 0. The lowest BCUT2D eigenvalue weighted by Crippen LogP contribution is -1.70. The SMILES string of the molecule is [B]CC(C)=CCC. The van der Waals surface area contributed by atoms with Crippen molar-refractivity contribution in [2.45, 2.75) is 26.6 Å². The van der Waals surface area contributed by atoms with Crippen LogP contribution in [0, 0.1) is 0 Å². The van der Waals surface area contributed by atoms with Gasteiger partial charge in [0.1, 0.15) is 0 Å². The average molecular weight is 94.0 g/mol. The average Bonchev–Trinajstić information content (AvgIpc) is 1.68. The lowest BCUT2D eigenvalue weighted by molar-refractivity contribution is 1.17. The molecule has 38 valence electrons. The summed E-state index contributed by atoms with van der Waals surface area (Å²) in [6.07, 6.45) is 3.94. The zero-order valence-electron chi connectivity index (χ0n) is 5.07. The molecule has 0 saturated heterocycles. The second-order valence-corrected chi connectivity index (χ2v) is 1.66. The molecule has 1 heteroatoms. The normalized spacial score (nSPS) is 12.0. The molecule has 0 nitrogen and oxygen atoms in total. The Kier molecular flexibility index (Phi) is 3.87. The van der Waals surface area contributed by atoms with Crippen LogP contribution in [0.15, 0.2) is 11.6 Å². The van der Waals surface area contributed by atoms with Crippen LogP contribution in [0.25, 0.3) is 0 Å². The maximum Gasteiger partial charge on any atom is 0.0711 e. The van der Waals surface area contributed by atoms with E-state index in [-0.39, 0.29) is 0 Å². The molecule has 0 aromatic carbocycles. The summed E-state index contributed by atoms with van der Waals surface area (Å²) < 4.78 is 0. The van der Waals surface area contributed by atoms with E-state index in [9.17, 15) is 0 Å². The summed E-state index contributed by atoms with van der Waals surface area (Å²) in [5.41, 5.74) is 1.28. The highest BCUT2D eigenvalue weighted by Crippen LogP contribution is 1.96. The maximum absolute atomic E-state index is 5.29.